The summed E-state index contributed by atoms with van der Waals surface area (Å²) in [6, 6.07) is 5.90. The van der Waals surface area contributed by atoms with Crippen LogP contribution in [0.2, 0.25) is 0 Å². The minimum absolute atomic E-state index is 0.0166. The van der Waals surface area contributed by atoms with Gasteiger partial charge in [0.25, 0.3) is 0 Å². The van der Waals surface area contributed by atoms with Gasteiger partial charge in [-0.05, 0) is 49.9 Å². The number of rotatable bonds is 28. The Kier molecular flexibility index (Phi) is 23.9. The van der Waals surface area contributed by atoms with Crippen molar-refractivity contribution in [3.8, 4) is 11.5 Å². The number of aliphatic hydroxyl groups is 2. The fourth-order valence-electron chi connectivity index (χ4n) is 5.27. The second-order valence-corrected chi connectivity index (χ2v) is 13.7. The molecule has 1 fully saturated rings. The molecule has 2 aromatic rings. The molecule has 24 heteroatoms. The van der Waals surface area contributed by atoms with E-state index in [1.807, 2.05) is 0 Å². The van der Waals surface area contributed by atoms with E-state index in [-0.39, 0.29) is 57.6 Å². The number of carbonyl (C=O) groups is 2. The second kappa shape index (κ2) is 28.5. The first kappa shape index (κ1) is 51.2. The van der Waals surface area contributed by atoms with Crippen LogP contribution in [-0.2, 0) is 28.5 Å². The van der Waals surface area contributed by atoms with Crippen molar-refractivity contribution in [2.75, 3.05) is 77.8 Å². The number of hydrogen-bond donors (Lipinski definition) is 7. The van der Waals surface area contributed by atoms with E-state index in [4.69, 9.17) is 44.7 Å². The van der Waals surface area contributed by atoms with Gasteiger partial charge in [0.2, 0.25) is 17.9 Å². The van der Waals surface area contributed by atoms with Gasteiger partial charge in [0.15, 0.2) is 17.5 Å². The lowest BCUT2D eigenvalue weighted by Gasteiger charge is -2.37. The van der Waals surface area contributed by atoms with E-state index in [2.05, 4.69) is 25.5 Å². The van der Waals surface area contributed by atoms with Gasteiger partial charge >= 0.3 is 12.0 Å². The van der Waals surface area contributed by atoms with E-state index in [1.54, 1.807) is 39.7 Å². The first-order valence-electron chi connectivity index (χ1n) is 19.2. The molecule has 0 radical (unpaired) electrons. The van der Waals surface area contributed by atoms with Crippen LogP contribution in [0.3, 0.4) is 0 Å². The summed E-state index contributed by atoms with van der Waals surface area (Å²) in [5, 5.41) is 46.6. The van der Waals surface area contributed by atoms with Crippen LogP contribution in [0, 0.1) is 23.3 Å². The monoisotopic (exact) mass is 896 g/mol. The minimum atomic E-state index is -1.96. The summed E-state index contributed by atoms with van der Waals surface area (Å²) in [7, 11) is 1.57. The molecule has 0 saturated carbocycles. The summed E-state index contributed by atoms with van der Waals surface area (Å²) in [5.74, 6) is -3.80. The van der Waals surface area contributed by atoms with Crippen LogP contribution in [0.4, 0.5) is 28.0 Å². The number of unbranched alkanes of at least 4 members (excludes halogenated alkanes) is 1. The quantitative estimate of drug-likeness (QED) is 0.00617. The molecule has 0 spiro atoms. The van der Waals surface area contributed by atoms with Crippen LogP contribution < -0.4 is 31.3 Å². The number of esters is 1. The van der Waals surface area contributed by atoms with Gasteiger partial charge in [0.1, 0.15) is 11.9 Å². The van der Waals surface area contributed by atoms with Crippen molar-refractivity contribution in [2.24, 2.45) is 15.9 Å². The molecule has 61 heavy (non-hydrogen) atoms. The number of nitrogens with one attached hydrogen (secondary N) is 2. The Morgan fingerprint density at radius 1 is 0.885 bits per heavy atom. The number of hydroxylamine groups is 2. The van der Waals surface area contributed by atoms with Crippen LogP contribution in [-0.4, -0.2) is 147 Å². The number of urea groups is 1. The molecule has 2 aromatic carbocycles. The van der Waals surface area contributed by atoms with E-state index >= 15 is 0 Å². The fourth-order valence-corrected chi connectivity index (χ4v) is 5.53. The number of nitrogens with zero attached hydrogens (tertiary/aromatic N) is 3. The highest BCUT2D eigenvalue weighted by Crippen LogP contribution is 2.28. The van der Waals surface area contributed by atoms with E-state index in [9.17, 15) is 37.4 Å². The van der Waals surface area contributed by atoms with Crippen LogP contribution in [0.1, 0.15) is 38.5 Å². The Morgan fingerprint density at radius 2 is 1.52 bits per heavy atom. The lowest BCUT2D eigenvalue weighted by Crippen LogP contribution is -2.51. The Balaban J connectivity index is 1.13. The normalized spacial score (nSPS) is 18.2. The Bertz CT molecular complexity index is 1670. The third-order valence-electron chi connectivity index (χ3n) is 8.48. The highest BCUT2D eigenvalue weighted by molar-refractivity contribution is 7.27. The first-order valence-corrected chi connectivity index (χ1v) is 19.8. The van der Waals surface area contributed by atoms with Crippen molar-refractivity contribution in [3.05, 3.63) is 47.5 Å². The number of ether oxygens (including phenoxy) is 7. The van der Waals surface area contributed by atoms with Gasteiger partial charge in [-0.25, -0.2) is 18.0 Å². The highest BCUT2D eigenvalue weighted by atomic mass is 31.0. The van der Waals surface area contributed by atoms with E-state index in [0.29, 0.717) is 69.3 Å². The molecule has 1 aliphatic rings. The average Bonchev–Trinajstić information content (AvgIpc) is 3.24. The number of aliphatic hydroxyl groups excluding tert-OH is 2. The third kappa shape index (κ3) is 19.2. The highest BCUT2D eigenvalue weighted by Gasteiger charge is 2.38. The van der Waals surface area contributed by atoms with Gasteiger partial charge in [0, 0.05) is 30.2 Å². The molecule has 5 unspecified atom stereocenters. The van der Waals surface area contributed by atoms with Gasteiger partial charge in [-0.3, -0.25) is 20.2 Å². The minimum Gasteiger partial charge on any atom is -0.462 e. The lowest BCUT2D eigenvalue weighted by atomic mass is 10.0. The van der Waals surface area contributed by atoms with Crippen LogP contribution in [0.5, 0.6) is 11.5 Å². The summed E-state index contributed by atoms with van der Waals surface area (Å²) in [6.07, 6.45) is -0.819. The molecule has 1 saturated heterocycles. The molecular formula is C37H53F4N6O13P. The number of aliphatic imine (C=N–C) groups is 1. The summed E-state index contributed by atoms with van der Waals surface area (Å²) >= 11 is 0. The maximum absolute atomic E-state index is 13.9. The number of carbonyl (C=O) groups excluding carboxylic acids is 2. The zero-order valence-corrected chi connectivity index (χ0v) is 34.3. The second-order valence-electron chi connectivity index (χ2n) is 13.1. The maximum Gasteiger partial charge on any atom is 0.319 e. The first-order chi connectivity index (χ1) is 29.3. The van der Waals surface area contributed by atoms with E-state index in [0.717, 1.165) is 0 Å². The van der Waals surface area contributed by atoms with Gasteiger partial charge in [0.05, 0.1) is 90.3 Å². The molecule has 1 heterocycles. The predicted octanol–water partition coefficient (Wildman–Crippen LogP) is 2.17. The van der Waals surface area contributed by atoms with Crippen molar-refractivity contribution < 1.29 is 80.9 Å². The van der Waals surface area contributed by atoms with E-state index < -0.39 is 77.3 Å². The average molecular weight is 897 g/mol. The molecule has 0 bridgehead atoms. The van der Waals surface area contributed by atoms with Gasteiger partial charge in [-0.2, -0.15) is 9.49 Å². The van der Waals surface area contributed by atoms with Crippen LogP contribution in [0.15, 0.2) is 34.4 Å². The summed E-state index contributed by atoms with van der Waals surface area (Å²) in [4.78, 5) is 28.4. The summed E-state index contributed by atoms with van der Waals surface area (Å²) < 4.78 is 91.7. The summed E-state index contributed by atoms with van der Waals surface area (Å²) in [5.41, 5.74) is 1.07. The number of amides is 2. The number of benzene rings is 2. The van der Waals surface area contributed by atoms with Crippen molar-refractivity contribution in [1.29, 1.82) is 0 Å². The zero-order chi connectivity index (χ0) is 44.6. The van der Waals surface area contributed by atoms with Crippen molar-refractivity contribution in [1.82, 2.24) is 10.5 Å². The summed E-state index contributed by atoms with van der Waals surface area (Å²) in [6.45, 7) is 2.32. The van der Waals surface area contributed by atoms with Gasteiger partial charge < -0.3 is 59.8 Å². The number of hydrazone groups is 1. The van der Waals surface area contributed by atoms with E-state index in [1.165, 1.54) is 0 Å². The Labute approximate surface area is 351 Å². The number of hydrogen-bond acceptors (Lipinski definition) is 17. The molecule has 0 aromatic heterocycles. The number of anilines is 1. The van der Waals surface area contributed by atoms with Gasteiger partial charge in [-0.15, -0.1) is 0 Å². The molecule has 8 N–H and O–H groups in total. The molecule has 1 aliphatic heterocycles. The van der Waals surface area contributed by atoms with Crippen LogP contribution >= 0.6 is 9.24 Å². The molecule has 0 aliphatic carbocycles. The van der Waals surface area contributed by atoms with Gasteiger partial charge in [-0.1, -0.05) is 14.5 Å². The Morgan fingerprint density at radius 3 is 2.16 bits per heavy atom. The third-order valence-corrected chi connectivity index (χ3v) is 8.98. The fraction of sp³-hybridized carbons (Fsp3) is 0.568. The van der Waals surface area contributed by atoms with Crippen LogP contribution in [0.25, 0.3) is 0 Å². The van der Waals surface area contributed by atoms with Crippen molar-refractivity contribution in [3.63, 3.8) is 0 Å². The Hall–Kier alpha value is -4.13. The number of halogens is 4. The standard InChI is InChI=1S/C37H53F4N6O13P/c38-29-30(39)34(32(41)35(61)31(29)40)60-28(49)9-13-54-15-17-56-19-20-57-18-16-55-14-11-43-22-24(46-42)3-1-2-10-44-37(51)45-23-4-6-25(7-5-23)58-36-33(50)27(48)21-26(59-36)8-12-47(52)53/h4-7,22,26-27,33,36,48,50,52-53H,1-3,8-21,42,61H2,(H2,44,45,51)/b43-22?,46-24-. The number of nitrogens with two attached hydrogens (primary N) is 1. The smallest absolute Gasteiger partial charge is 0.319 e. The molecule has 5 atom stereocenters. The molecule has 3 rings (SSSR count). The van der Waals surface area contributed by atoms with Crippen molar-refractivity contribution in [2.45, 2.75) is 63.1 Å². The maximum atomic E-state index is 13.9. The predicted molar refractivity (Wildman–Crippen MR) is 212 cm³/mol. The molecular weight excluding hydrogens is 843 g/mol. The lowest BCUT2D eigenvalue weighted by molar-refractivity contribution is -0.312. The topological polar surface area (TPSA) is 258 Å². The largest absolute Gasteiger partial charge is 0.462 e. The molecule has 2 amide bonds. The molecule has 342 valence electrons. The zero-order valence-electron chi connectivity index (χ0n) is 33.2. The SMILES string of the molecule is N/N=C(\C=NCCOCCOCCOCCOCCC(=O)Oc1c(F)c(F)c(F)c(P)c1F)CCCCNC(=O)Nc1ccc(OC2OC(CCN(O)O)CC(O)C2O)cc1. The van der Waals surface area contributed by atoms with Crippen molar-refractivity contribution >= 4 is 44.2 Å². The molecule has 19 nitrogen and oxygen atoms in total.